The number of benzene rings is 1. The molecule has 0 radical (unpaired) electrons. The van der Waals surface area contributed by atoms with Crippen molar-refractivity contribution in [2.45, 2.75) is 50.7 Å². The van der Waals surface area contributed by atoms with Gasteiger partial charge >= 0.3 is 0 Å². The number of carbonyl (C=O) groups excluding carboxylic acids is 1. The van der Waals surface area contributed by atoms with E-state index >= 15 is 0 Å². The number of rotatable bonds is 6. The predicted octanol–water partition coefficient (Wildman–Crippen LogP) is 3.96. The number of aromatic nitrogens is 1. The number of halogens is 1. The summed E-state index contributed by atoms with van der Waals surface area (Å²) in [6, 6.07) is 5.75. The maximum Gasteiger partial charge on any atom is 0.224 e. The third kappa shape index (κ3) is 3.61. The lowest BCUT2D eigenvalue weighted by Gasteiger charge is -2.36. The van der Waals surface area contributed by atoms with Crippen LogP contribution in [0.2, 0.25) is 5.02 Å². The van der Waals surface area contributed by atoms with E-state index in [4.69, 9.17) is 16.3 Å². The third-order valence-corrected chi connectivity index (χ3v) is 5.95. The van der Waals surface area contributed by atoms with Gasteiger partial charge in [0.2, 0.25) is 5.91 Å². The smallest absolute Gasteiger partial charge is 0.224 e. The number of anilines is 1. The highest BCUT2D eigenvalue weighted by atomic mass is 35.5. The molecule has 0 unspecified atom stereocenters. The summed E-state index contributed by atoms with van der Waals surface area (Å²) in [5.74, 6) is 0.563. The molecule has 26 heavy (non-hydrogen) atoms. The molecule has 0 atom stereocenters. The molecular formula is C20H25ClN2O3. The molecule has 2 fully saturated rings. The second kappa shape index (κ2) is 7.22. The van der Waals surface area contributed by atoms with E-state index in [0.29, 0.717) is 43.5 Å². The number of carbonyl (C=O) groups is 1. The molecule has 1 aromatic heterocycles. The Labute approximate surface area is 158 Å². The molecule has 1 saturated carbocycles. The summed E-state index contributed by atoms with van der Waals surface area (Å²) < 4.78 is 7.17. The molecule has 4 rings (SSSR count). The molecule has 1 aliphatic carbocycles. The molecule has 140 valence electrons. The zero-order valence-electron chi connectivity index (χ0n) is 14.8. The van der Waals surface area contributed by atoms with Gasteiger partial charge in [-0.15, -0.1) is 0 Å². The van der Waals surface area contributed by atoms with Crippen molar-refractivity contribution in [3.05, 3.63) is 29.4 Å². The average molecular weight is 377 g/mol. The summed E-state index contributed by atoms with van der Waals surface area (Å²) in [6.45, 7) is 1.42. The Kier molecular flexibility index (Phi) is 4.95. The van der Waals surface area contributed by atoms with Gasteiger partial charge in [-0.3, -0.25) is 4.79 Å². The molecule has 0 spiro atoms. The molecule has 6 heteroatoms. The molecule has 2 N–H and O–H groups in total. The number of nitrogens with zero attached hydrogens (tertiary/aromatic N) is 1. The first-order valence-corrected chi connectivity index (χ1v) is 9.79. The summed E-state index contributed by atoms with van der Waals surface area (Å²) in [5.41, 5.74) is 0.990. The van der Waals surface area contributed by atoms with E-state index in [1.54, 1.807) is 0 Å². The standard InChI is InChI=1S/C20H25ClN2O3/c21-15-6-3-7-17-19(15)16(22-18(24)10-14-4-1-2-5-14)11-23(17)9-8-20(25)12-26-13-20/h3,6-7,11,14,25H,1-2,4-5,8-10,12-13H2,(H,22,24). The van der Waals surface area contributed by atoms with Crippen LogP contribution < -0.4 is 5.32 Å². The number of nitrogens with one attached hydrogen (secondary N) is 1. The maximum atomic E-state index is 12.5. The van der Waals surface area contributed by atoms with Gasteiger partial charge in [0.1, 0.15) is 5.60 Å². The van der Waals surface area contributed by atoms with Gasteiger partial charge in [-0.05, 0) is 37.3 Å². The Morgan fingerprint density at radius 2 is 2.12 bits per heavy atom. The summed E-state index contributed by atoms with van der Waals surface area (Å²) in [5, 5.41) is 14.8. The molecule has 1 amide bonds. The van der Waals surface area contributed by atoms with E-state index in [1.807, 2.05) is 24.4 Å². The minimum atomic E-state index is -0.735. The van der Waals surface area contributed by atoms with Gasteiger partial charge in [-0.2, -0.15) is 0 Å². The maximum absolute atomic E-state index is 12.5. The highest BCUT2D eigenvalue weighted by Crippen LogP contribution is 2.34. The summed E-state index contributed by atoms with van der Waals surface area (Å²) in [4.78, 5) is 12.5. The lowest BCUT2D eigenvalue weighted by atomic mass is 9.98. The minimum Gasteiger partial charge on any atom is -0.385 e. The zero-order valence-corrected chi connectivity index (χ0v) is 15.6. The first kappa shape index (κ1) is 17.8. The SMILES string of the molecule is O=C(CC1CCCC1)Nc1cn(CCC2(O)COC2)c2cccc(Cl)c12. The molecule has 1 saturated heterocycles. The van der Waals surface area contributed by atoms with E-state index in [1.165, 1.54) is 12.8 Å². The monoisotopic (exact) mass is 376 g/mol. The van der Waals surface area contributed by atoms with Gasteiger partial charge in [0.25, 0.3) is 0 Å². The van der Waals surface area contributed by atoms with Crippen LogP contribution in [0.1, 0.15) is 38.5 Å². The van der Waals surface area contributed by atoms with E-state index in [9.17, 15) is 9.90 Å². The van der Waals surface area contributed by atoms with Crippen LogP contribution >= 0.6 is 11.6 Å². The van der Waals surface area contributed by atoms with Gasteiger partial charge in [0, 0.05) is 24.5 Å². The van der Waals surface area contributed by atoms with Crippen molar-refractivity contribution < 1.29 is 14.6 Å². The summed E-state index contributed by atoms with van der Waals surface area (Å²) in [6.07, 6.45) is 7.89. The van der Waals surface area contributed by atoms with Crippen LogP contribution in [0.3, 0.4) is 0 Å². The number of fused-ring (bicyclic) bond motifs is 1. The fraction of sp³-hybridized carbons (Fsp3) is 0.550. The quantitative estimate of drug-likeness (QED) is 0.801. The van der Waals surface area contributed by atoms with Crippen molar-refractivity contribution >= 4 is 34.1 Å². The fourth-order valence-corrected chi connectivity index (χ4v) is 4.35. The number of hydrogen-bond acceptors (Lipinski definition) is 3. The number of aliphatic hydroxyl groups is 1. The lowest BCUT2D eigenvalue weighted by Crippen LogP contribution is -2.50. The van der Waals surface area contributed by atoms with E-state index < -0.39 is 5.60 Å². The van der Waals surface area contributed by atoms with Gasteiger partial charge in [-0.25, -0.2) is 0 Å². The largest absolute Gasteiger partial charge is 0.385 e. The highest BCUT2D eigenvalue weighted by molar-refractivity contribution is 6.36. The van der Waals surface area contributed by atoms with Gasteiger partial charge in [0.05, 0.1) is 29.4 Å². The van der Waals surface area contributed by atoms with Crippen molar-refractivity contribution in [2.75, 3.05) is 18.5 Å². The van der Waals surface area contributed by atoms with Crippen molar-refractivity contribution in [3.8, 4) is 0 Å². The summed E-state index contributed by atoms with van der Waals surface area (Å²) in [7, 11) is 0. The number of ether oxygens (including phenoxy) is 1. The average Bonchev–Trinajstić information content (AvgIpc) is 3.20. The number of aryl methyl sites for hydroxylation is 1. The normalized spacial score (nSPS) is 19.6. The first-order chi connectivity index (χ1) is 12.5. The third-order valence-electron chi connectivity index (χ3n) is 5.64. The lowest BCUT2D eigenvalue weighted by molar-refractivity contribution is -0.182. The zero-order chi connectivity index (χ0) is 18.1. The second-order valence-corrected chi connectivity index (χ2v) is 8.15. The minimum absolute atomic E-state index is 0.0573. The molecule has 0 bridgehead atoms. The molecule has 2 aliphatic rings. The highest BCUT2D eigenvalue weighted by Gasteiger charge is 2.35. The van der Waals surface area contributed by atoms with Crippen LogP contribution in [0.25, 0.3) is 10.9 Å². The Bertz CT molecular complexity index is 807. The van der Waals surface area contributed by atoms with E-state index in [-0.39, 0.29) is 5.91 Å². The van der Waals surface area contributed by atoms with Crippen molar-refractivity contribution in [3.63, 3.8) is 0 Å². The van der Waals surface area contributed by atoms with Gasteiger partial charge < -0.3 is 19.7 Å². The molecule has 1 aliphatic heterocycles. The Morgan fingerprint density at radius 1 is 1.35 bits per heavy atom. The van der Waals surface area contributed by atoms with E-state index in [0.717, 1.165) is 29.4 Å². The molecule has 1 aromatic carbocycles. The van der Waals surface area contributed by atoms with Crippen molar-refractivity contribution in [2.24, 2.45) is 5.92 Å². The topological polar surface area (TPSA) is 63.5 Å². The molecular weight excluding hydrogens is 352 g/mol. The molecule has 2 aromatic rings. The number of hydrogen-bond donors (Lipinski definition) is 2. The summed E-state index contributed by atoms with van der Waals surface area (Å²) >= 11 is 6.42. The Hall–Kier alpha value is -1.56. The molecule has 5 nitrogen and oxygen atoms in total. The van der Waals surface area contributed by atoms with Crippen LogP contribution in [0.5, 0.6) is 0 Å². The Morgan fingerprint density at radius 3 is 2.81 bits per heavy atom. The van der Waals surface area contributed by atoms with Crippen LogP contribution in [0, 0.1) is 5.92 Å². The van der Waals surface area contributed by atoms with Crippen LogP contribution in [-0.2, 0) is 16.1 Å². The number of amides is 1. The van der Waals surface area contributed by atoms with Gasteiger partial charge in [0.15, 0.2) is 0 Å². The predicted molar refractivity (Wildman–Crippen MR) is 103 cm³/mol. The molecule has 2 heterocycles. The van der Waals surface area contributed by atoms with Gasteiger partial charge in [-0.1, -0.05) is 30.5 Å². The van der Waals surface area contributed by atoms with Crippen LogP contribution in [-0.4, -0.2) is 34.4 Å². The second-order valence-electron chi connectivity index (χ2n) is 7.74. The van der Waals surface area contributed by atoms with E-state index in [2.05, 4.69) is 9.88 Å². The van der Waals surface area contributed by atoms with Crippen molar-refractivity contribution in [1.29, 1.82) is 0 Å². The Balaban J connectivity index is 1.54. The van der Waals surface area contributed by atoms with Crippen molar-refractivity contribution in [1.82, 2.24) is 4.57 Å². The van der Waals surface area contributed by atoms with Crippen LogP contribution in [0.15, 0.2) is 24.4 Å². The first-order valence-electron chi connectivity index (χ1n) is 9.41. The fourth-order valence-electron chi connectivity index (χ4n) is 4.08. The van der Waals surface area contributed by atoms with Crippen LogP contribution in [0.4, 0.5) is 5.69 Å².